The summed E-state index contributed by atoms with van der Waals surface area (Å²) in [5, 5.41) is 3.82. The van der Waals surface area contributed by atoms with Gasteiger partial charge in [-0.25, -0.2) is 10.0 Å². The molecule has 0 N–H and O–H groups in total. The summed E-state index contributed by atoms with van der Waals surface area (Å²) in [6.45, 7) is 0.683. The van der Waals surface area contributed by atoms with E-state index in [1.807, 2.05) is 83.8 Å². The number of amides is 1. The van der Waals surface area contributed by atoms with Gasteiger partial charge in [0.2, 0.25) is 0 Å². The van der Waals surface area contributed by atoms with Gasteiger partial charge in [-0.3, -0.25) is 4.79 Å². The summed E-state index contributed by atoms with van der Waals surface area (Å²) < 4.78 is 0. The van der Waals surface area contributed by atoms with Crippen molar-refractivity contribution >= 4 is 11.6 Å². The van der Waals surface area contributed by atoms with E-state index in [0.29, 0.717) is 6.54 Å². The van der Waals surface area contributed by atoms with Crippen LogP contribution in [0.1, 0.15) is 22.6 Å². The maximum atomic E-state index is 13.3. The summed E-state index contributed by atoms with van der Waals surface area (Å²) in [5.41, 5.74) is 4.26. The molecule has 25 heavy (non-hydrogen) atoms. The van der Waals surface area contributed by atoms with Crippen LogP contribution in [-0.2, 0) is 11.3 Å². The van der Waals surface area contributed by atoms with Gasteiger partial charge in [-0.15, -0.1) is 0 Å². The number of carbonyl (C=O) groups is 1. The summed E-state index contributed by atoms with van der Waals surface area (Å²) in [6, 6.07) is 28.3. The monoisotopic (exact) mass is 328 g/mol. The molecule has 1 amide bonds. The predicted molar refractivity (Wildman–Crippen MR) is 100 cm³/mol. The molecule has 0 fully saturated rings. The fraction of sp³-hybridized carbons (Fsp3) is 0.136. The van der Waals surface area contributed by atoms with Gasteiger partial charge in [0.05, 0.1) is 11.6 Å². The molecule has 0 saturated carbocycles. The third-order valence-electron chi connectivity index (χ3n) is 4.66. The molecule has 0 aromatic heterocycles. The molecular formula is C22H20N2O. The van der Waals surface area contributed by atoms with Crippen LogP contribution in [0.4, 0.5) is 5.69 Å². The first kappa shape index (κ1) is 15.6. The lowest BCUT2D eigenvalue weighted by atomic mass is 9.93. The Morgan fingerprint density at radius 2 is 1.44 bits per heavy atom. The maximum Gasteiger partial charge on any atom is 0.253 e. The molecule has 4 rings (SSSR count). The molecule has 0 saturated heterocycles. The zero-order valence-corrected chi connectivity index (χ0v) is 14.2. The van der Waals surface area contributed by atoms with Crippen LogP contribution in [0.5, 0.6) is 0 Å². The first-order chi connectivity index (χ1) is 12.3. The zero-order valence-electron chi connectivity index (χ0n) is 14.2. The van der Waals surface area contributed by atoms with Crippen molar-refractivity contribution < 1.29 is 4.79 Å². The van der Waals surface area contributed by atoms with Crippen molar-refractivity contribution in [1.29, 1.82) is 0 Å². The Bertz CT molecular complexity index is 877. The summed E-state index contributed by atoms with van der Waals surface area (Å²) in [5.74, 6) is -0.138. The van der Waals surface area contributed by atoms with Crippen molar-refractivity contribution in [1.82, 2.24) is 5.01 Å². The molecule has 3 nitrogen and oxygen atoms in total. The number of anilines is 1. The number of nitrogens with zero attached hydrogens (tertiary/aromatic N) is 2. The highest BCUT2D eigenvalue weighted by Gasteiger charge is 2.39. The Kier molecular flexibility index (Phi) is 4.08. The lowest BCUT2D eigenvalue weighted by Gasteiger charge is -2.29. The van der Waals surface area contributed by atoms with E-state index in [0.717, 1.165) is 16.8 Å². The Balaban J connectivity index is 1.70. The zero-order chi connectivity index (χ0) is 17.2. The lowest BCUT2D eigenvalue weighted by molar-refractivity contribution is -0.121. The second-order valence-corrected chi connectivity index (χ2v) is 6.35. The van der Waals surface area contributed by atoms with E-state index in [4.69, 9.17) is 0 Å². The van der Waals surface area contributed by atoms with Gasteiger partial charge in [0.15, 0.2) is 0 Å². The van der Waals surface area contributed by atoms with Crippen molar-refractivity contribution in [3.8, 4) is 0 Å². The van der Waals surface area contributed by atoms with Crippen molar-refractivity contribution in [2.24, 2.45) is 0 Å². The van der Waals surface area contributed by atoms with Crippen molar-refractivity contribution in [2.45, 2.75) is 12.5 Å². The van der Waals surface area contributed by atoms with Crippen LogP contribution >= 0.6 is 0 Å². The minimum atomic E-state index is -0.240. The van der Waals surface area contributed by atoms with E-state index in [-0.39, 0.29) is 11.8 Å². The number of carbonyl (C=O) groups excluding carboxylic acids is 1. The first-order valence-electron chi connectivity index (χ1n) is 8.48. The van der Waals surface area contributed by atoms with Crippen LogP contribution in [0, 0.1) is 0 Å². The van der Waals surface area contributed by atoms with E-state index in [1.54, 1.807) is 0 Å². The molecule has 0 aliphatic carbocycles. The Hall–Kier alpha value is -2.91. The molecule has 3 aromatic carbocycles. The van der Waals surface area contributed by atoms with Gasteiger partial charge in [-0.05, 0) is 22.8 Å². The normalized spacial score (nSPS) is 16.3. The number of hydrogen-bond donors (Lipinski definition) is 0. The van der Waals surface area contributed by atoms with Crippen LogP contribution in [0.15, 0.2) is 84.9 Å². The largest absolute Gasteiger partial charge is 0.272 e. The highest BCUT2D eigenvalue weighted by molar-refractivity contribution is 6.06. The molecule has 1 heterocycles. The number of rotatable bonds is 4. The van der Waals surface area contributed by atoms with Crippen molar-refractivity contribution in [3.05, 3.63) is 102 Å². The third kappa shape index (κ3) is 2.83. The molecule has 1 aliphatic heterocycles. The Labute approximate surface area is 148 Å². The highest BCUT2D eigenvalue weighted by atomic mass is 16.2. The van der Waals surface area contributed by atoms with E-state index in [9.17, 15) is 4.79 Å². The minimum absolute atomic E-state index is 0.103. The summed E-state index contributed by atoms with van der Waals surface area (Å²) in [6.07, 6.45) is 0. The van der Waals surface area contributed by atoms with Gasteiger partial charge < -0.3 is 0 Å². The average molecular weight is 328 g/mol. The Morgan fingerprint density at radius 1 is 0.840 bits per heavy atom. The SMILES string of the molecule is CN(Cc1ccccc1)N1C(=O)[C@@H](c2ccccc2)c2ccccc21. The molecule has 124 valence electrons. The van der Waals surface area contributed by atoms with Gasteiger partial charge in [-0.1, -0.05) is 78.9 Å². The fourth-order valence-electron chi connectivity index (χ4n) is 3.54. The predicted octanol–water partition coefficient (Wildman–Crippen LogP) is 4.21. The lowest BCUT2D eigenvalue weighted by Crippen LogP contribution is -2.42. The van der Waals surface area contributed by atoms with Gasteiger partial charge in [-0.2, -0.15) is 0 Å². The standard InChI is InChI=1S/C22H20N2O/c1-23(16-17-10-4-2-5-11-17)24-20-15-9-8-14-19(20)21(22(24)25)18-12-6-3-7-13-18/h2-15,21H,16H2,1H3/t21-/m0/s1. The molecular weight excluding hydrogens is 308 g/mol. The molecule has 3 aromatic rings. The number of hydrogen-bond acceptors (Lipinski definition) is 2. The topological polar surface area (TPSA) is 23.6 Å². The van der Waals surface area contributed by atoms with Crippen LogP contribution in [0.2, 0.25) is 0 Å². The van der Waals surface area contributed by atoms with Gasteiger partial charge in [0, 0.05) is 13.6 Å². The molecule has 1 atom stereocenters. The molecule has 0 radical (unpaired) electrons. The van der Waals surface area contributed by atoms with Crippen LogP contribution in [0.25, 0.3) is 0 Å². The second-order valence-electron chi connectivity index (χ2n) is 6.35. The molecule has 1 aliphatic rings. The number of para-hydroxylation sites is 1. The van der Waals surface area contributed by atoms with Crippen LogP contribution in [0.3, 0.4) is 0 Å². The Morgan fingerprint density at radius 3 is 2.16 bits per heavy atom. The first-order valence-corrected chi connectivity index (χ1v) is 8.48. The molecule has 0 bridgehead atoms. The third-order valence-corrected chi connectivity index (χ3v) is 4.66. The molecule has 0 unspecified atom stereocenters. The van der Waals surface area contributed by atoms with E-state index in [2.05, 4.69) is 18.2 Å². The maximum absolute atomic E-state index is 13.3. The van der Waals surface area contributed by atoms with Crippen molar-refractivity contribution in [2.75, 3.05) is 12.1 Å². The summed E-state index contributed by atoms with van der Waals surface area (Å²) >= 11 is 0. The smallest absolute Gasteiger partial charge is 0.253 e. The number of benzene rings is 3. The summed E-state index contributed by atoms with van der Waals surface area (Å²) in [4.78, 5) is 13.3. The van der Waals surface area contributed by atoms with Crippen molar-refractivity contribution in [3.63, 3.8) is 0 Å². The fourth-order valence-corrected chi connectivity index (χ4v) is 3.54. The van der Waals surface area contributed by atoms with E-state index in [1.165, 1.54) is 5.56 Å². The quantitative estimate of drug-likeness (QED) is 0.716. The number of fused-ring (bicyclic) bond motifs is 1. The van der Waals surface area contributed by atoms with Crippen LogP contribution < -0.4 is 5.01 Å². The number of hydrazine groups is 1. The van der Waals surface area contributed by atoms with E-state index < -0.39 is 0 Å². The highest BCUT2D eigenvalue weighted by Crippen LogP contribution is 2.41. The van der Waals surface area contributed by atoms with Gasteiger partial charge in [0.1, 0.15) is 0 Å². The van der Waals surface area contributed by atoms with Gasteiger partial charge in [0.25, 0.3) is 5.91 Å². The van der Waals surface area contributed by atoms with Crippen LogP contribution in [-0.4, -0.2) is 18.0 Å². The second kappa shape index (κ2) is 6.54. The minimum Gasteiger partial charge on any atom is -0.272 e. The van der Waals surface area contributed by atoms with E-state index >= 15 is 0 Å². The van der Waals surface area contributed by atoms with Gasteiger partial charge >= 0.3 is 0 Å². The average Bonchev–Trinajstić information content (AvgIpc) is 2.95. The molecule has 0 spiro atoms. The molecule has 3 heteroatoms. The summed E-state index contributed by atoms with van der Waals surface area (Å²) in [7, 11) is 1.97.